The van der Waals surface area contributed by atoms with Crippen molar-refractivity contribution >= 4 is 51.3 Å². The van der Waals surface area contributed by atoms with Gasteiger partial charge >= 0.3 is 0 Å². The maximum Gasteiger partial charge on any atom is 0.251 e. The first-order chi connectivity index (χ1) is 17.6. The molecule has 0 atom stereocenters. The van der Waals surface area contributed by atoms with Crippen LogP contribution in [0.3, 0.4) is 0 Å². The fourth-order valence-electron chi connectivity index (χ4n) is 3.45. The van der Waals surface area contributed by atoms with Crippen molar-refractivity contribution in [3.05, 3.63) is 76.4 Å². The molecule has 2 aromatic carbocycles. The van der Waals surface area contributed by atoms with E-state index < -0.39 is 5.41 Å². The molecule has 0 unspecified atom stereocenters. The Labute approximate surface area is 224 Å². The van der Waals surface area contributed by atoms with E-state index in [1.165, 1.54) is 11.3 Å². The number of rotatable bonds is 8. The standard InChI is InChI=1S/C27H28ClN5O3S/c1-27(2,3)25(36)31-20-10-6-18(7-11-20)24(35)30-13-12-29-23(34)14-21-16-37-26-32-22(15-33(21)26)17-4-8-19(28)9-5-17/h4-11,15-16H,12-14H2,1-3H3,(H,29,34)(H,30,35)(H,31,36). The Morgan fingerprint density at radius 3 is 2.32 bits per heavy atom. The number of hydrogen-bond acceptors (Lipinski definition) is 5. The average molecular weight is 538 g/mol. The first kappa shape index (κ1) is 26.4. The van der Waals surface area contributed by atoms with Crippen LogP contribution in [0.25, 0.3) is 16.2 Å². The Balaban J connectivity index is 1.24. The van der Waals surface area contributed by atoms with Crippen molar-refractivity contribution in [2.45, 2.75) is 27.2 Å². The Bertz CT molecular complexity index is 1420. The van der Waals surface area contributed by atoms with Crippen molar-refractivity contribution in [1.29, 1.82) is 0 Å². The number of anilines is 1. The van der Waals surface area contributed by atoms with Crippen molar-refractivity contribution in [1.82, 2.24) is 20.0 Å². The maximum absolute atomic E-state index is 12.5. The molecule has 2 heterocycles. The zero-order chi connectivity index (χ0) is 26.6. The van der Waals surface area contributed by atoms with Gasteiger partial charge in [-0.1, -0.05) is 44.5 Å². The molecule has 0 aliphatic rings. The van der Waals surface area contributed by atoms with E-state index in [0.29, 0.717) is 22.8 Å². The minimum Gasteiger partial charge on any atom is -0.354 e. The summed E-state index contributed by atoms with van der Waals surface area (Å²) in [6, 6.07) is 14.1. The molecule has 0 saturated heterocycles. The zero-order valence-corrected chi connectivity index (χ0v) is 22.4. The van der Waals surface area contributed by atoms with Crippen LogP contribution in [-0.4, -0.2) is 40.2 Å². The van der Waals surface area contributed by atoms with Gasteiger partial charge in [0.25, 0.3) is 5.91 Å². The van der Waals surface area contributed by atoms with Gasteiger partial charge in [0.15, 0.2) is 4.96 Å². The van der Waals surface area contributed by atoms with Gasteiger partial charge in [-0.25, -0.2) is 4.98 Å². The topological polar surface area (TPSA) is 105 Å². The summed E-state index contributed by atoms with van der Waals surface area (Å²) in [6.07, 6.45) is 2.11. The van der Waals surface area contributed by atoms with Crippen LogP contribution in [0.2, 0.25) is 5.02 Å². The van der Waals surface area contributed by atoms with Gasteiger partial charge in [0, 0.05) is 57.6 Å². The summed E-state index contributed by atoms with van der Waals surface area (Å²) >= 11 is 7.44. The highest BCUT2D eigenvalue weighted by molar-refractivity contribution is 7.15. The van der Waals surface area contributed by atoms with Gasteiger partial charge in [0.2, 0.25) is 11.8 Å². The minimum absolute atomic E-state index is 0.0985. The summed E-state index contributed by atoms with van der Waals surface area (Å²) in [5.74, 6) is -0.496. The van der Waals surface area contributed by atoms with E-state index in [4.69, 9.17) is 11.6 Å². The van der Waals surface area contributed by atoms with Crippen LogP contribution >= 0.6 is 22.9 Å². The molecular formula is C27H28ClN5O3S. The molecule has 192 valence electrons. The third kappa shape index (κ3) is 6.75. The maximum atomic E-state index is 12.5. The van der Waals surface area contributed by atoms with Crippen LogP contribution in [0.4, 0.5) is 5.69 Å². The summed E-state index contributed by atoms with van der Waals surface area (Å²) in [5, 5.41) is 11.0. The quantitative estimate of drug-likeness (QED) is 0.281. The molecule has 0 spiro atoms. The predicted molar refractivity (Wildman–Crippen MR) is 147 cm³/mol. The molecule has 8 nitrogen and oxygen atoms in total. The second-order valence-corrected chi connectivity index (χ2v) is 10.8. The first-order valence-corrected chi connectivity index (χ1v) is 13.0. The van der Waals surface area contributed by atoms with Crippen molar-refractivity contribution in [2.75, 3.05) is 18.4 Å². The van der Waals surface area contributed by atoms with E-state index in [-0.39, 0.29) is 30.7 Å². The smallest absolute Gasteiger partial charge is 0.251 e. The molecule has 3 amide bonds. The highest BCUT2D eigenvalue weighted by Crippen LogP contribution is 2.25. The minimum atomic E-state index is -0.505. The summed E-state index contributed by atoms with van der Waals surface area (Å²) in [5.41, 5.74) is 3.21. The number of imidazole rings is 1. The number of nitrogens with one attached hydrogen (secondary N) is 3. The molecule has 4 aromatic rings. The number of hydrogen-bond donors (Lipinski definition) is 3. The molecule has 0 saturated carbocycles. The first-order valence-electron chi connectivity index (χ1n) is 11.8. The lowest BCUT2D eigenvalue weighted by molar-refractivity contribution is -0.123. The molecule has 10 heteroatoms. The molecule has 0 fully saturated rings. The number of nitrogens with zero attached hydrogens (tertiary/aromatic N) is 2. The number of fused-ring (bicyclic) bond motifs is 1. The molecule has 4 rings (SSSR count). The third-order valence-corrected chi connectivity index (χ3v) is 6.72. The fourth-order valence-corrected chi connectivity index (χ4v) is 4.45. The number of amides is 3. The Morgan fingerprint density at radius 2 is 1.65 bits per heavy atom. The van der Waals surface area contributed by atoms with Crippen LogP contribution in [0.5, 0.6) is 0 Å². The number of benzene rings is 2. The Hall–Kier alpha value is -3.69. The Kier molecular flexibility index (Phi) is 7.94. The van der Waals surface area contributed by atoms with E-state index in [1.54, 1.807) is 24.3 Å². The van der Waals surface area contributed by atoms with E-state index in [2.05, 4.69) is 20.9 Å². The van der Waals surface area contributed by atoms with E-state index in [1.807, 2.05) is 61.0 Å². The molecule has 0 aliphatic heterocycles. The van der Waals surface area contributed by atoms with E-state index >= 15 is 0 Å². The molecular weight excluding hydrogens is 510 g/mol. The van der Waals surface area contributed by atoms with Crippen LogP contribution < -0.4 is 16.0 Å². The number of aromatic nitrogens is 2. The highest BCUT2D eigenvalue weighted by atomic mass is 35.5. The van der Waals surface area contributed by atoms with Gasteiger partial charge < -0.3 is 16.0 Å². The molecule has 0 bridgehead atoms. The van der Waals surface area contributed by atoms with Crippen LogP contribution in [-0.2, 0) is 16.0 Å². The monoisotopic (exact) mass is 537 g/mol. The van der Waals surface area contributed by atoms with Crippen molar-refractivity contribution in [3.63, 3.8) is 0 Å². The van der Waals surface area contributed by atoms with E-state index in [0.717, 1.165) is 21.9 Å². The van der Waals surface area contributed by atoms with Gasteiger partial charge in [0.1, 0.15) is 0 Å². The van der Waals surface area contributed by atoms with Crippen molar-refractivity contribution < 1.29 is 14.4 Å². The molecule has 3 N–H and O–H groups in total. The largest absolute Gasteiger partial charge is 0.354 e. The third-order valence-electron chi connectivity index (χ3n) is 5.58. The van der Waals surface area contributed by atoms with E-state index in [9.17, 15) is 14.4 Å². The summed E-state index contributed by atoms with van der Waals surface area (Å²) in [6.45, 7) is 6.09. The molecule has 2 aromatic heterocycles. The van der Waals surface area contributed by atoms with Crippen LogP contribution in [0, 0.1) is 5.41 Å². The van der Waals surface area contributed by atoms with Gasteiger partial charge in [-0.05, 0) is 36.4 Å². The Morgan fingerprint density at radius 1 is 0.973 bits per heavy atom. The summed E-state index contributed by atoms with van der Waals surface area (Å²) in [7, 11) is 0. The molecule has 0 radical (unpaired) electrons. The molecule has 37 heavy (non-hydrogen) atoms. The van der Waals surface area contributed by atoms with Gasteiger partial charge in [-0.15, -0.1) is 11.3 Å². The number of thiazole rings is 1. The normalized spacial score (nSPS) is 11.4. The highest BCUT2D eigenvalue weighted by Gasteiger charge is 2.21. The lowest BCUT2D eigenvalue weighted by Crippen LogP contribution is -2.35. The molecule has 0 aliphatic carbocycles. The second-order valence-electron chi connectivity index (χ2n) is 9.58. The second kappa shape index (κ2) is 11.1. The van der Waals surface area contributed by atoms with Crippen molar-refractivity contribution in [3.8, 4) is 11.3 Å². The van der Waals surface area contributed by atoms with Crippen LogP contribution in [0.15, 0.2) is 60.1 Å². The van der Waals surface area contributed by atoms with Crippen LogP contribution in [0.1, 0.15) is 36.8 Å². The zero-order valence-electron chi connectivity index (χ0n) is 20.8. The lowest BCUT2D eigenvalue weighted by Gasteiger charge is -2.17. The van der Waals surface area contributed by atoms with Gasteiger partial charge in [-0.2, -0.15) is 0 Å². The van der Waals surface area contributed by atoms with Gasteiger partial charge in [-0.3, -0.25) is 18.8 Å². The van der Waals surface area contributed by atoms with Crippen molar-refractivity contribution in [2.24, 2.45) is 5.41 Å². The average Bonchev–Trinajstić information content (AvgIpc) is 3.44. The number of halogens is 1. The SMILES string of the molecule is CC(C)(C)C(=O)Nc1ccc(C(=O)NCCNC(=O)Cc2csc3nc(-c4ccc(Cl)cc4)cn23)cc1. The predicted octanol–water partition coefficient (Wildman–Crippen LogP) is 4.79. The number of carbonyl (C=O) groups excluding carboxylic acids is 3. The fraction of sp³-hybridized carbons (Fsp3) is 0.259. The van der Waals surface area contributed by atoms with Gasteiger partial charge in [0.05, 0.1) is 12.1 Å². The summed E-state index contributed by atoms with van der Waals surface area (Å²) in [4.78, 5) is 42.4. The number of carbonyl (C=O) groups is 3. The summed E-state index contributed by atoms with van der Waals surface area (Å²) < 4.78 is 1.92. The lowest BCUT2D eigenvalue weighted by atomic mass is 9.95.